The van der Waals surface area contributed by atoms with Crippen molar-refractivity contribution in [2.45, 2.75) is 42.4 Å². The van der Waals surface area contributed by atoms with Crippen LogP contribution in [0.25, 0.3) is 11.1 Å². The molecule has 1 aliphatic heterocycles. The number of halogens is 1. The highest BCUT2D eigenvalue weighted by Crippen LogP contribution is 2.38. The van der Waals surface area contributed by atoms with Gasteiger partial charge in [0.1, 0.15) is 10.9 Å². The largest absolute Gasteiger partial charge is 0.494 e. The van der Waals surface area contributed by atoms with E-state index < -0.39 is 0 Å². The standard InChI is InChI=1S/C21H22ClN5O3S2/c1-11-5-13(14-6-17(22)24-9-16(14)29-4)15(8-23-11)18(28)25-19-26-27-20(32-19)31-12-7-21(2,3)30-10-12/h5-6,8-9,12H,7,10H2,1-4H3,(H,25,26,28). The zero-order chi connectivity index (χ0) is 22.9. The number of thioether (sulfide) groups is 1. The van der Waals surface area contributed by atoms with Gasteiger partial charge in [0.05, 0.1) is 31.1 Å². The lowest BCUT2D eigenvalue weighted by atomic mass is 10.0. The molecule has 0 spiro atoms. The molecule has 8 nitrogen and oxygen atoms in total. The Balaban J connectivity index is 1.55. The summed E-state index contributed by atoms with van der Waals surface area (Å²) in [5.74, 6) is 0.158. The predicted octanol–water partition coefficient (Wildman–Crippen LogP) is 4.88. The first kappa shape index (κ1) is 22.9. The van der Waals surface area contributed by atoms with Crippen LogP contribution >= 0.6 is 34.7 Å². The summed E-state index contributed by atoms with van der Waals surface area (Å²) in [6, 6.07) is 3.48. The molecule has 0 aromatic carbocycles. The first-order valence-corrected chi connectivity index (χ1v) is 11.9. The van der Waals surface area contributed by atoms with E-state index in [1.165, 1.54) is 23.7 Å². The number of anilines is 1. The molecule has 3 aromatic heterocycles. The van der Waals surface area contributed by atoms with E-state index in [9.17, 15) is 4.79 Å². The summed E-state index contributed by atoms with van der Waals surface area (Å²) < 4.78 is 12.0. The van der Waals surface area contributed by atoms with E-state index in [0.717, 1.165) is 16.5 Å². The van der Waals surface area contributed by atoms with Crippen LogP contribution in [0.4, 0.5) is 5.13 Å². The van der Waals surface area contributed by atoms with Crippen molar-refractivity contribution in [1.29, 1.82) is 0 Å². The number of amides is 1. The van der Waals surface area contributed by atoms with Gasteiger partial charge in [-0.2, -0.15) is 0 Å². The number of hydrogen-bond donors (Lipinski definition) is 1. The molecule has 1 saturated heterocycles. The van der Waals surface area contributed by atoms with Gasteiger partial charge in [-0.15, -0.1) is 10.2 Å². The number of pyridine rings is 2. The number of nitrogens with one attached hydrogen (secondary N) is 1. The van der Waals surface area contributed by atoms with Crippen molar-refractivity contribution in [3.05, 3.63) is 40.9 Å². The van der Waals surface area contributed by atoms with Crippen molar-refractivity contribution < 1.29 is 14.3 Å². The third-order valence-corrected chi connectivity index (χ3v) is 7.20. The summed E-state index contributed by atoms with van der Waals surface area (Å²) in [4.78, 5) is 21.5. The molecule has 0 saturated carbocycles. The van der Waals surface area contributed by atoms with Crippen LogP contribution in [0.15, 0.2) is 28.9 Å². The second-order valence-corrected chi connectivity index (χ2v) is 10.8. The van der Waals surface area contributed by atoms with Gasteiger partial charge >= 0.3 is 0 Å². The minimum atomic E-state index is -0.347. The van der Waals surface area contributed by atoms with Gasteiger partial charge in [0.2, 0.25) is 5.13 Å². The van der Waals surface area contributed by atoms with Gasteiger partial charge in [-0.25, -0.2) is 4.98 Å². The van der Waals surface area contributed by atoms with Crippen LogP contribution in [0.1, 0.15) is 36.3 Å². The molecular weight excluding hydrogens is 470 g/mol. The van der Waals surface area contributed by atoms with Crippen LogP contribution in [0.3, 0.4) is 0 Å². The van der Waals surface area contributed by atoms with Gasteiger partial charge < -0.3 is 9.47 Å². The summed E-state index contributed by atoms with van der Waals surface area (Å²) in [6.45, 7) is 6.69. The Kier molecular flexibility index (Phi) is 6.66. The Hall–Kier alpha value is -2.27. The monoisotopic (exact) mass is 491 g/mol. The molecule has 168 valence electrons. The Morgan fingerprint density at radius 1 is 1.28 bits per heavy atom. The number of methoxy groups -OCH3 is 1. The minimum Gasteiger partial charge on any atom is -0.494 e. The van der Waals surface area contributed by atoms with Crippen molar-refractivity contribution in [2.24, 2.45) is 0 Å². The fraction of sp³-hybridized carbons (Fsp3) is 0.381. The van der Waals surface area contributed by atoms with Crippen molar-refractivity contribution in [1.82, 2.24) is 20.2 Å². The highest BCUT2D eigenvalue weighted by Gasteiger charge is 2.33. The van der Waals surface area contributed by atoms with Gasteiger partial charge in [0.25, 0.3) is 5.91 Å². The third-order valence-electron chi connectivity index (χ3n) is 4.90. The summed E-state index contributed by atoms with van der Waals surface area (Å²) >= 11 is 9.06. The van der Waals surface area contributed by atoms with Crippen LogP contribution in [0.5, 0.6) is 5.75 Å². The van der Waals surface area contributed by atoms with E-state index >= 15 is 0 Å². The highest BCUT2D eigenvalue weighted by atomic mass is 35.5. The molecule has 1 fully saturated rings. The molecule has 1 amide bonds. The van der Waals surface area contributed by atoms with E-state index in [2.05, 4.69) is 39.3 Å². The van der Waals surface area contributed by atoms with E-state index in [0.29, 0.717) is 44.6 Å². The second kappa shape index (κ2) is 9.30. The molecule has 4 rings (SSSR count). The normalized spacial score (nSPS) is 17.3. The molecule has 0 aliphatic carbocycles. The van der Waals surface area contributed by atoms with E-state index in [-0.39, 0.29) is 11.5 Å². The lowest BCUT2D eigenvalue weighted by Gasteiger charge is -2.15. The van der Waals surface area contributed by atoms with E-state index in [4.69, 9.17) is 21.1 Å². The maximum Gasteiger partial charge on any atom is 0.259 e. The first-order valence-electron chi connectivity index (χ1n) is 9.86. The molecule has 1 unspecified atom stereocenters. The minimum absolute atomic E-state index is 0.120. The zero-order valence-electron chi connectivity index (χ0n) is 18.0. The molecule has 1 aliphatic rings. The fourth-order valence-electron chi connectivity index (χ4n) is 3.43. The van der Waals surface area contributed by atoms with Crippen LogP contribution in [0, 0.1) is 6.92 Å². The Morgan fingerprint density at radius 2 is 2.09 bits per heavy atom. The zero-order valence-corrected chi connectivity index (χ0v) is 20.4. The van der Waals surface area contributed by atoms with Crippen molar-refractivity contribution in [2.75, 3.05) is 19.0 Å². The molecule has 0 bridgehead atoms. The quantitative estimate of drug-likeness (QED) is 0.385. The van der Waals surface area contributed by atoms with Gasteiger partial charge in [-0.05, 0) is 39.3 Å². The lowest BCUT2D eigenvalue weighted by molar-refractivity contribution is 0.0368. The number of aromatic nitrogens is 4. The number of ether oxygens (including phenoxy) is 2. The fourth-order valence-corrected chi connectivity index (χ4v) is 5.89. The van der Waals surface area contributed by atoms with Gasteiger partial charge in [-0.3, -0.25) is 15.1 Å². The van der Waals surface area contributed by atoms with Crippen LogP contribution in [0.2, 0.25) is 5.15 Å². The number of aryl methyl sites for hydroxylation is 1. The number of carbonyl (C=O) groups is 1. The molecule has 4 heterocycles. The maximum atomic E-state index is 13.1. The van der Waals surface area contributed by atoms with E-state index in [1.807, 2.05) is 13.0 Å². The van der Waals surface area contributed by atoms with Crippen molar-refractivity contribution in [3.63, 3.8) is 0 Å². The molecule has 0 radical (unpaired) electrons. The van der Waals surface area contributed by atoms with Gasteiger partial charge in [0, 0.05) is 28.3 Å². The Labute approximate surface area is 199 Å². The smallest absolute Gasteiger partial charge is 0.259 e. The topological polar surface area (TPSA) is 99.1 Å². The molecule has 11 heteroatoms. The third kappa shape index (κ3) is 5.20. The van der Waals surface area contributed by atoms with Gasteiger partial charge in [0.15, 0.2) is 4.34 Å². The van der Waals surface area contributed by atoms with Gasteiger partial charge in [-0.1, -0.05) is 34.7 Å². The average molecular weight is 492 g/mol. The number of hydrogen-bond acceptors (Lipinski definition) is 9. The van der Waals surface area contributed by atoms with Crippen molar-refractivity contribution >= 4 is 45.7 Å². The number of carbonyl (C=O) groups excluding carboxylic acids is 1. The summed E-state index contributed by atoms with van der Waals surface area (Å²) in [7, 11) is 1.54. The summed E-state index contributed by atoms with van der Waals surface area (Å²) in [5, 5.41) is 12.2. The Morgan fingerprint density at radius 3 is 2.81 bits per heavy atom. The van der Waals surface area contributed by atoms with E-state index in [1.54, 1.807) is 24.9 Å². The van der Waals surface area contributed by atoms with Crippen LogP contribution in [-0.2, 0) is 4.74 Å². The number of rotatable bonds is 6. The Bertz CT molecular complexity index is 1150. The predicted molar refractivity (Wildman–Crippen MR) is 126 cm³/mol. The van der Waals surface area contributed by atoms with Crippen LogP contribution in [-0.4, -0.2) is 50.6 Å². The molecule has 1 N–H and O–H groups in total. The highest BCUT2D eigenvalue weighted by molar-refractivity contribution is 8.01. The molecular formula is C21H22ClN5O3S2. The molecule has 32 heavy (non-hydrogen) atoms. The second-order valence-electron chi connectivity index (χ2n) is 7.92. The number of nitrogens with zero attached hydrogens (tertiary/aromatic N) is 4. The van der Waals surface area contributed by atoms with Crippen molar-refractivity contribution in [3.8, 4) is 16.9 Å². The van der Waals surface area contributed by atoms with Crippen LogP contribution < -0.4 is 10.1 Å². The first-order chi connectivity index (χ1) is 15.2. The molecule has 1 atom stereocenters. The summed E-state index contributed by atoms with van der Waals surface area (Å²) in [6.07, 6.45) is 3.99. The SMILES string of the molecule is COc1cnc(Cl)cc1-c1cc(C)ncc1C(=O)Nc1nnc(SC2COC(C)(C)C2)s1. The lowest BCUT2D eigenvalue weighted by Crippen LogP contribution is -2.16. The molecule has 3 aromatic rings. The maximum absolute atomic E-state index is 13.1. The summed E-state index contributed by atoms with van der Waals surface area (Å²) in [5.41, 5.74) is 2.29. The average Bonchev–Trinajstić information content (AvgIpc) is 3.33.